The molecule has 66 valence electrons. The molecule has 0 radical (unpaired) electrons. The normalized spacial score (nSPS) is 36.3. The van der Waals surface area contributed by atoms with Gasteiger partial charge in [-0.25, -0.2) is 0 Å². The van der Waals surface area contributed by atoms with E-state index in [2.05, 4.69) is 11.9 Å². The van der Waals surface area contributed by atoms with Gasteiger partial charge in [0.15, 0.2) is 0 Å². The standard InChI is InChI=1S/C7H13NO.C2H6/c1-8-3-2-7-4-6(8)5-9-7;1-2/h6-7H,2-5H2,1H3;1-2H3. The molecule has 2 fully saturated rings. The number of fused-ring (bicyclic) bond motifs is 2. The van der Waals surface area contributed by atoms with E-state index in [9.17, 15) is 0 Å². The molecule has 2 unspecified atom stereocenters. The summed E-state index contributed by atoms with van der Waals surface area (Å²) in [6.45, 7) is 6.20. The van der Waals surface area contributed by atoms with Crippen LogP contribution in [0, 0.1) is 0 Å². The second-order valence-electron chi connectivity index (χ2n) is 3.11. The Hall–Kier alpha value is -0.0800. The first-order chi connectivity index (χ1) is 5.36. The molecule has 2 bridgehead atoms. The van der Waals surface area contributed by atoms with Crippen LogP contribution in [0.3, 0.4) is 0 Å². The average molecular weight is 157 g/mol. The summed E-state index contributed by atoms with van der Waals surface area (Å²) >= 11 is 0. The first-order valence-electron chi connectivity index (χ1n) is 4.68. The third kappa shape index (κ3) is 1.94. The van der Waals surface area contributed by atoms with Crippen molar-refractivity contribution in [3.8, 4) is 0 Å². The molecule has 0 aromatic carbocycles. The van der Waals surface area contributed by atoms with Gasteiger partial charge < -0.3 is 9.64 Å². The number of piperidine rings is 1. The molecule has 0 N–H and O–H groups in total. The molecule has 2 nitrogen and oxygen atoms in total. The van der Waals surface area contributed by atoms with Crippen molar-refractivity contribution < 1.29 is 4.74 Å². The highest BCUT2D eigenvalue weighted by Gasteiger charge is 2.32. The number of rotatable bonds is 0. The summed E-state index contributed by atoms with van der Waals surface area (Å²) in [5.74, 6) is 0. The van der Waals surface area contributed by atoms with Crippen LogP contribution in [0.1, 0.15) is 26.7 Å². The van der Waals surface area contributed by atoms with Gasteiger partial charge in [0, 0.05) is 12.6 Å². The van der Waals surface area contributed by atoms with Crippen molar-refractivity contribution in [2.75, 3.05) is 20.2 Å². The quantitative estimate of drug-likeness (QED) is 0.528. The number of likely N-dealkylation sites (tertiary alicyclic amines) is 1. The van der Waals surface area contributed by atoms with E-state index in [-0.39, 0.29) is 0 Å². The van der Waals surface area contributed by atoms with E-state index in [1.165, 1.54) is 19.4 Å². The zero-order valence-electron chi connectivity index (χ0n) is 7.84. The Kier molecular flexibility index (Phi) is 3.34. The molecule has 11 heavy (non-hydrogen) atoms. The Morgan fingerprint density at radius 1 is 1.36 bits per heavy atom. The van der Waals surface area contributed by atoms with Gasteiger partial charge in [0.25, 0.3) is 0 Å². The summed E-state index contributed by atoms with van der Waals surface area (Å²) in [6.07, 6.45) is 3.12. The zero-order valence-corrected chi connectivity index (χ0v) is 7.84. The van der Waals surface area contributed by atoms with Crippen LogP contribution < -0.4 is 0 Å². The Balaban J connectivity index is 0.000000281. The van der Waals surface area contributed by atoms with E-state index in [1.54, 1.807) is 0 Å². The molecule has 0 aromatic rings. The number of hydrogen-bond donors (Lipinski definition) is 0. The van der Waals surface area contributed by atoms with Crippen molar-refractivity contribution in [1.82, 2.24) is 4.90 Å². The summed E-state index contributed by atoms with van der Waals surface area (Å²) in [7, 11) is 2.19. The number of ether oxygens (including phenoxy) is 1. The molecule has 0 spiro atoms. The SMILES string of the molecule is CC.CN1CCC2CC1CO2. The number of hydrogen-bond acceptors (Lipinski definition) is 2. The van der Waals surface area contributed by atoms with Crippen LogP contribution in [0.2, 0.25) is 0 Å². The van der Waals surface area contributed by atoms with Crippen LogP contribution >= 0.6 is 0 Å². The number of nitrogens with zero attached hydrogens (tertiary/aromatic N) is 1. The fourth-order valence-electron chi connectivity index (χ4n) is 1.73. The molecule has 2 aliphatic heterocycles. The Labute approximate surface area is 69.5 Å². The van der Waals surface area contributed by atoms with E-state index >= 15 is 0 Å². The fourth-order valence-corrected chi connectivity index (χ4v) is 1.73. The first kappa shape index (κ1) is 9.01. The second kappa shape index (κ2) is 4.07. The fraction of sp³-hybridized carbons (Fsp3) is 1.00. The van der Waals surface area contributed by atoms with Gasteiger partial charge in [-0.1, -0.05) is 13.8 Å². The van der Waals surface area contributed by atoms with E-state index in [1.807, 2.05) is 13.8 Å². The molecule has 2 heteroatoms. The summed E-state index contributed by atoms with van der Waals surface area (Å²) in [5, 5.41) is 0. The lowest BCUT2D eigenvalue weighted by molar-refractivity contribution is 0.109. The molecule has 2 saturated heterocycles. The minimum atomic E-state index is 0.603. The minimum absolute atomic E-state index is 0.603. The van der Waals surface area contributed by atoms with Crippen molar-refractivity contribution in [3.63, 3.8) is 0 Å². The van der Waals surface area contributed by atoms with Crippen molar-refractivity contribution >= 4 is 0 Å². The third-order valence-corrected chi connectivity index (χ3v) is 2.49. The summed E-state index contributed by atoms with van der Waals surface area (Å²) in [6, 6.07) is 0.740. The highest BCUT2D eigenvalue weighted by atomic mass is 16.5. The van der Waals surface area contributed by atoms with Gasteiger partial charge in [0.1, 0.15) is 0 Å². The highest BCUT2D eigenvalue weighted by molar-refractivity contribution is 4.85. The Morgan fingerprint density at radius 2 is 2.09 bits per heavy atom. The van der Waals surface area contributed by atoms with Crippen LogP contribution in [0.25, 0.3) is 0 Å². The average Bonchev–Trinajstić information content (AvgIpc) is 2.46. The summed E-state index contributed by atoms with van der Waals surface area (Å²) < 4.78 is 5.51. The maximum Gasteiger partial charge on any atom is 0.0626 e. The van der Waals surface area contributed by atoms with E-state index in [0.29, 0.717) is 6.10 Å². The minimum Gasteiger partial charge on any atom is -0.376 e. The van der Waals surface area contributed by atoms with Crippen molar-refractivity contribution in [2.45, 2.75) is 38.8 Å². The van der Waals surface area contributed by atoms with Gasteiger partial charge in [-0.3, -0.25) is 0 Å². The zero-order chi connectivity index (χ0) is 8.27. The monoisotopic (exact) mass is 157 g/mol. The molecule has 0 aliphatic carbocycles. The molecule has 0 saturated carbocycles. The molecule has 0 aromatic heterocycles. The van der Waals surface area contributed by atoms with Crippen molar-refractivity contribution in [2.24, 2.45) is 0 Å². The lowest BCUT2D eigenvalue weighted by Crippen LogP contribution is -2.36. The van der Waals surface area contributed by atoms with E-state index < -0.39 is 0 Å². The molecule has 2 rings (SSSR count). The molecule has 2 atom stereocenters. The van der Waals surface area contributed by atoms with Gasteiger partial charge >= 0.3 is 0 Å². The van der Waals surface area contributed by atoms with Gasteiger partial charge in [-0.15, -0.1) is 0 Å². The van der Waals surface area contributed by atoms with Gasteiger partial charge in [0.2, 0.25) is 0 Å². The third-order valence-electron chi connectivity index (χ3n) is 2.49. The highest BCUT2D eigenvalue weighted by Crippen LogP contribution is 2.25. The molecule has 0 amide bonds. The Bertz CT molecular complexity index is 116. The largest absolute Gasteiger partial charge is 0.376 e. The van der Waals surface area contributed by atoms with Crippen LogP contribution in [0.15, 0.2) is 0 Å². The topological polar surface area (TPSA) is 12.5 Å². The predicted molar refractivity (Wildman–Crippen MR) is 46.7 cm³/mol. The maximum absolute atomic E-state index is 5.51. The molecular formula is C9H19NO. The molecular weight excluding hydrogens is 138 g/mol. The maximum atomic E-state index is 5.51. The van der Waals surface area contributed by atoms with Gasteiger partial charge in [-0.05, 0) is 19.9 Å². The molecule has 2 aliphatic rings. The smallest absolute Gasteiger partial charge is 0.0626 e. The predicted octanol–water partition coefficient (Wildman–Crippen LogP) is 1.51. The first-order valence-corrected chi connectivity index (χ1v) is 4.68. The van der Waals surface area contributed by atoms with E-state index in [4.69, 9.17) is 4.74 Å². The van der Waals surface area contributed by atoms with Gasteiger partial charge in [-0.2, -0.15) is 0 Å². The lowest BCUT2D eigenvalue weighted by atomic mass is 10.0. The second-order valence-corrected chi connectivity index (χ2v) is 3.11. The van der Waals surface area contributed by atoms with Crippen LogP contribution in [-0.4, -0.2) is 37.2 Å². The molecule has 2 heterocycles. The van der Waals surface area contributed by atoms with E-state index in [0.717, 1.165) is 12.6 Å². The summed E-state index contributed by atoms with van der Waals surface area (Å²) in [5.41, 5.74) is 0. The van der Waals surface area contributed by atoms with Crippen molar-refractivity contribution in [1.29, 1.82) is 0 Å². The van der Waals surface area contributed by atoms with Crippen LogP contribution in [-0.2, 0) is 4.74 Å². The van der Waals surface area contributed by atoms with Crippen LogP contribution in [0.4, 0.5) is 0 Å². The van der Waals surface area contributed by atoms with Crippen LogP contribution in [0.5, 0.6) is 0 Å². The number of likely N-dealkylation sites (N-methyl/N-ethyl adjacent to an activating group) is 1. The van der Waals surface area contributed by atoms with Crippen molar-refractivity contribution in [3.05, 3.63) is 0 Å². The lowest BCUT2D eigenvalue weighted by Gasteiger charge is -2.26. The van der Waals surface area contributed by atoms with Gasteiger partial charge in [0.05, 0.1) is 12.7 Å². The summed E-state index contributed by atoms with van der Waals surface area (Å²) in [4.78, 5) is 2.41. The Morgan fingerprint density at radius 3 is 2.73 bits per heavy atom.